The second-order valence-electron chi connectivity index (χ2n) is 5.22. The van der Waals surface area contributed by atoms with Gasteiger partial charge in [-0.3, -0.25) is 0 Å². The van der Waals surface area contributed by atoms with Gasteiger partial charge in [0.05, 0.1) is 0 Å². The van der Waals surface area contributed by atoms with E-state index in [4.69, 9.17) is 5.11 Å². The molecule has 0 spiro atoms. The van der Waals surface area contributed by atoms with Gasteiger partial charge < -0.3 is 14.6 Å². The number of ether oxygens (including phenoxy) is 2. The van der Waals surface area contributed by atoms with Crippen molar-refractivity contribution in [2.45, 2.75) is 48.4 Å². The van der Waals surface area contributed by atoms with Crippen LogP contribution in [0.25, 0.3) is 0 Å². The molecule has 0 saturated carbocycles. The molecule has 4 nitrogen and oxygen atoms in total. The first-order valence-corrected chi connectivity index (χ1v) is 6.28. The van der Waals surface area contributed by atoms with Crippen molar-refractivity contribution in [3.8, 4) is 0 Å². The van der Waals surface area contributed by atoms with E-state index in [1.807, 2.05) is 6.58 Å². The van der Waals surface area contributed by atoms with Crippen LogP contribution in [0, 0.1) is 0 Å². The Kier molecular flexibility index (Phi) is 5.51. The summed E-state index contributed by atoms with van der Waals surface area (Å²) in [5, 5.41) is 8.79. The molecule has 1 rings (SSSR count). The molecule has 0 aromatic carbocycles. The minimum absolute atomic E-state index is 1.87. The molecule has 0 radical (unpaired) electrons. The first-order valence-electron chi connectivity index (χ1n) is 6.28. The first-order chi connectivity index (χ1) is 12.0. The van der Waals surface area contributed by atoms with Crippen LogP contribution >= 0.6 is 0 Å². The van der Waals surface area contributed by atoms with E-state index in [9.17, 15) is 61.9 Å². The topological polar surface area (TPSA) is 55.8 Å². The minimum atomic E-state index is -7.03. The van der Waals surface area contributed by atoms with E-state index in [0.29, 0.717) is 0 Å². The third kappa shape index (κ3) is 3.60. The zero-order valence-corrected chi connectivity index (χ0v) is 12.4. The van der Waals surface area contributed by atoms with Crippen LogP contribution in [0.5, 0.6) is 0 Å². The van der Waals surface area contributed by atoms with Gasteiger partial charge in [0.25, 0.3) is 0 Å². The highest BCUT2D eigenvalue weighted by molar-refractivity contribution is 5.89. The second-order valence-corrected chi connectivity index (χ2v) is 5.22. The maximum atomic E-state index is 13.9. The third-order valence-corrected chi connectivity index (χ3v) is 3.28. The van der Waals surface area contributed by atoms with E-state index in [-0.39, 0.29) is 0 Å². The van der Waals surface area contributed by atoms with Crippen molar-refractivity contribution in [1.29, 1.82) is 0 Å². The molecule has 1 saturated heterocycles. The maximum absolute atomic E-state index is 13.9. The number of carbonyl (C=O) groups excluding carboxylic acids is 1. The van der Waals surface area contributed by atoms with Crippen LogP contribution in [-0.4, -0.2) is 59.4 Å². The molecule has 1 heterocycles. The molecule has 0 aliphatic carbocycles. The number of hydrogen-bond donors (Lipinski definition) is 1. The van der Waals surface area contributed by atoms with Crippen LogP contribution in [0.2, 0.25) is 0 Å². The van der Waals surface area contributed by atoms with Crippen molar-refractivity contribution in [2.24, 2.45) is 0 Å². The zero-order valence-electron chi connectivity index (χ0n) is 12.4. The van der Waals surface area contributed by atoms with Crippen molar-refractivity contribution in [2.75, 3.05) is 0 Å². The molecule has 164 valence electrons. The highest BCUT2D eigenvalue weighted by Gasteiger charge is 2.87. The summed E-state index contributed by atoms with van der Waals surface area (Å²) in [5.74, 6) is -22.5. The summed E-state index contributed by atoms with van der Waals surface area (Å²) in [5.41, 5.74) is -2.91. The lowest BCUT2D eigenvalue weighted by Crippen LogP contribution is -2.78. The molecule has 0 aromatic rings. The monoisotopic (exact) mass is 448 g/mol. The van der Waals surface area contributed by atoms with E-state index in [0.717, 1.165) is 0 Å². The molecular formula is C11H5F13O4. The van der Waals surface area contributed by atoms with Gasteiger partial charge >= 0.3 is 42.1 Å². The van der Waals surface area contributed by atoms with Gasteiger partial charge in [0.1, 0.15) is 5.57 Å². The van der Waals surface area contributed by atoms with Gasteiger partial charge in [-0.15, -0.1) is 0 Å². The minimum Gasteiger partial charge on any atom is -0.414 e. The van der Waals surface area contributed by atoms with E-state index >= 15 is 0 Å². The largest absolute Gasteiger partial charge is 0.462 e. The standard InChI is InChI=1S/C11H5F13O4/c1-2(8(16,17)18)3(25)27-10(11(22,23)24)7(14,15)4(26)6(12,13)5(28-10)9(19,20)21/h4-5,26H,1H2. The van der Waals surface area contributed by atoms with Gasteiger partial charge in [-0.25, -0.2) is 13.6 Å². The smallest absolute Gasteiger partial charge is 0.414 e. The van der Waals surface area contributed by atoms with Crippen molar-refractivity contribution < 1.29 is 76.5 Å². The number of hydrogen-bond acceptors (Lipinski definition) is 4. The predicted octanol–water partition coefficient (Wildman–Crippen LogP) is 3.50. The summed E-state index contributed by atoms with van der Waals surface area (Å²) in [7, 11) is 0. The molecule has 17 heteroatoms. The van der Waals surface area contributed by atoms with Crippen molar-refractivity contribution in [3.63, 3.8) is 0 Å². The Morgan fingerprint density at radius 3 is 1.71 bits per heavy atom. The number of esters is 1. The summed E-state index contributed by atoms with van der Waals surface area (Å²) >= 11 is 0. The number of rotatable bonds is 2. The molecule has 0 amide bonds. The summed E-state index contributed by atoms with van der Waals surface area (Å²) < 4.78 is 174. The van der Waals surface area contributed by atoms with Gasteiger partial charge in [-0.05, 0) is 0 Å². The molecule has 0 bridgehead atoms. The number of aliphatic hydroxyl groups is 1. The van der Waals surface area contributed by atoms with Crippen LogP contribution in [0.4, 0.5) is 57.1 Å². The molecular weight excluding hydrogens is 443 g/mol. The van der Waals surface area contributed by atoms with Gasteiger partial charge in [-0.2, -0.15) is 48.3 Å². The molecule has 1 N–H and O–H groups in total. The number of aliphatic hydroxyl groups excluding tert-OH is 1. The molecule has 1 aliphatic rings. The quantitative estimate of drug-likeness (QED) is 0.400. The fraction of sp³-hybridized carbons (Fsp3) is 0.727. The number of alkyl halides is 13. The Hall–Kier alpha value is -1.78. The number of carbonyl (C=O) groups is 1. The van der Waals surface area contributed by atoms with Crippen molar-refractivity contribution in [3.05, 3.63) is 12.2 Å². The SMILES string of the molecule is C=C(C(=O)OC1(C(F)(F)F)OC(C(F)(F)F)C(F)(F)C(O)C1(F)F)C(F)(F)F. The van der Waals surface area contributed by atoms with Crippen molar-refractivity contribution >= 4 is 5.97 Å². The average Bonchev–Trinajstić information content (AvgIpc) is 2.44. The lowest BCUT2D eigenvalue weighted by molar-refractivity contribution is -0.512. The Morgan fingerprint density at radius 1 is 0.964 bits per heavy atom. The molecule has 28 heavy (non-hydrogen) atoms. The van der Waals surface area contributed by atoms with Gasteiger partial charge in [0, 0.05) is 0 Å². The summed E-state index contributed by atoms with van der Waals surface area (Å²) in [6.45, 7) is 1.87. The first kappa shape index (κ1) is 24.3. The van der Waals surface area contributed by atoms with Crippen LogP contribution in [0.3, 0.4) is 0 Å². The Balaban J connectivity index is 3.67. The third-order valence-electron chi connectivity index (χ3n) is 3.28. The fourth-order valence-corrected chi connectivity index (χ4v) is 1.89. The molecule has 3 unspecified atom stereocenters. The lowest BCUT2D eigenvalue weighted by atomic mass is 9.89. The predicted molar refractivity (Wildman–Crippen MR) is 56.9 cm³/mol. The highest BCUT2D eigenvalue weighted by Crippen LogP contribution is 2.58. The molecule has 0 aromatic heterocycles. The van der Waals surface area contributed by atoms with Crippen LogP contribution < -0.4 is 0 Å². The highest BCUT2D eigenvalue weighted by atomic mass is 19.4. The second kappa shape index (κ2) is 6.36. The van der Waals surface area contributed by atoms with Crippen LogP contribution in [0.15, 0.2) is 12.2 Å². The number of halogens is 13. The summed E-state index contributed by atoms with van der Waals surface area (Å²) in [4.78, 5) is 11.1. The Bertz CT molecular complexity index is 646. The van der Waals surface area contributed by atoms with E-state index in [1.54, 1.807) is 0 Å². The normalized spacial score (nSPS) is 30.6. The molecule has 1 fully saturated rings. The fourth-order valence-electron chi connectivity index (χ4n) is 1.89. The van der Waals surface area contributed by atoms with Gasteiger partial charge in [0.15, 0.2) is 6.10 Å². The van der Waals surface area contributed by atoms with Crippen LogP contribution in [-0.2, 0) is 14.3 Å². The maximum Gasteiger partial charge on any atom is 0.462 e. The molecule has 1 aliphatic heterocycles. The van der Waals surface area contributed by atoms with E-state index in [2.05, 4.69) is 9.47 Å². The Labute approximate surface area is 144 Å². The van der Waals surface area contributed by atoms with Crippen LogP contribution in [0.1, 0.15) is 0 Å². The zero-order chi connectivity index (χ0) is 22.7. The lowest BCUT2D eigenvalue weighted by Gasteiger charge is -2.50. The Morgan fingerprint density at radius 2 is 1.39 bits per heavy atom. The van der Waals surface area contributed by atoms with Gasteiger partial charge in [-0.1, -0.05) is 6.58 Å². The molecule has 3 atom stereocenters. The van der Waals surface area contributed by atoms with Crippen molar-refractivity contribution in [1.82, 2.24) is 0 Å². The average molecular weight is 448 g/mol. The summed E-state index contributed by atoms with van der Waals surface area (Å²) in [6, 6.07) is 0. The summed E-state index contributed by atoms with van der Waals surface area (Å²) in [6.07, 6.45) is -29.8. The van der Waals surface area contributed by atoms with Gasteiger partial charge in [0.2, 0.25) is 6.10 Å². The van der Waals surface area contributed by atoms with E-state index < -0.39 is 59.9 Å². The van der Waals surface area contributed by atoms with E-state index in [1.165, 1.54) is 0 Å².